The molecule has 2 heterocycles. The summed E-state index contributed by atoms with van der Waals surface area (Å²) in [6.07, 6.45) is 1.52. The van der Waals surface area contributed by atoms with E-state index in [-0.39, 0.29) is 12.3 Å². The Hall–Kier alpha value is -2.50. The van der Waals surface area contributed by atoms with Gasteiger partial charge in [-0.3, -0.25) is 4.79 Å². The maximum atomic E-state index is 11.9. The van der Waals surface area contributed by atoms with Gasteiger partial charge in [0.1, 0.15) is 17.5 Å². The Morgan fingerprint density at radius 1 is 1.40 bits per heavy atom. The number of hydrogen-bond acceptors (Lipinski definition) is 4. The molecule has 0 aliphatic heterocycles. The standard InChI is InChI=1S/C14H16N2O4/c1-3-19-14(18)11-7-6-10(12-5-4-8-20-12)16(11)9(2)13(15)17/h4-9H,3H2,1-2H3,(H2,15,17). The molecule has 2 rings (SSSR count). The molecule has 2 aromatic rings. The van der Waals surface area contributed by atoms with E-state index >= 15 is 0 Å². The quantitative estimate of drug-likeness (QED) is 0.846. The molecule has 2 N–H and O–H groups in total. The molecule has 0 radical (unpaired) electrons. The van der Waals surface area contributed by atoms with Crippen LogP contribution in [0, 0.1) is 0 Å². The highest BCUT2D eigenvalue weighted by Crippen LogP contribution is 2.27. The second-order valence-electron chi connectivity index (χ2n) is 4.25. The molecule has 2 aromatic heterocycles. The van der Waals surface area contributed by atoms with E-state index in [9.17, 15) is 9.59 Å². The fourth-order valence-electron chi connectivity index (χ4n) is 1.99. The summed E-state index contributed by atoms with van der Waals surface area (Å²) in [5, 5.41) is 0. The van der Waals surface area contributed by atoms with Crippen LogP contribution >= 0.6 is 0 Å². The van der Waals surface area contributed by atoms with Crippen LogP contribution in [0.2, 0.25) is 0 Å². The van der Waals surface area contributed by atoms with Gasteiger partial charge in [0.15, 0.2) is 0 Å². The Bertz CT molecular complexity index is 613. The summed E-state index contributed by atoms with van der Waals surface area (Å²) in [5.41, 5.74) is 6.22. The second-order valence-corrected chi connectivity index (χ2v) is 4.25. The summed E-state index contributed by atoms with van der Waals surface area (Å²) in [6, 6.07) is 6.07. The number of carbonyl (C=O) groups excluding carboxylic acids is 2. The van der Waals surface area contributed by atoms with E-state index in [0.717, 1.165) is 0 Å². The number of nitrogens with zero attached hydrogens (tertiary/aromatic N) is 1. The highest BCUT2D eigenvalue weighted by molar-refractivity contribution is 5.90. The van der Waals surface area contributed by atoms with E-state index < -0.39 is 17.9 Å². The summed E-state index contributed by atoms with van der Waals surface area (Å²) >= 11 is 0. The van der Waals surface area contributed by atoms with E-state index in [1.54, 1.807) is 38.1 Å². The number of furan rings is 1. The van der Waals surface area contributed by atoms with Crippen molar-refractivity contribution in [3.05, 3.63) is 36.2 Å². The minimum Gasteiger partial charge on any atom is -0.463 e. The van der Waals surface area contributed by atoms with Crippen molar-refractivity contribution in [2.45, 2.75) is 19.9 Å². The Morgan fingerprint density at radius 3 is 2.70 bits per heavy atom. The van der Waals surface area contributed by atoms with Gasteiger partial charge < -0.3 is 19.5 Å². The maximum Gasteiger partial charge on any atom is 0.354 e. The normalized spacial score (nSPS) is 12.1. The highest BCUT2D eigenvalue weighted by Gasteiger charge is 2.24. The molecule has 0 spiro atoms. The van der Waals surface area contributed by atoms with Gasteiger partial charge >= 0.3 is 5.97 Å². The average Bonchev–Trinajstić information content (AvgIpc) is 3.06. The molecular weight excluding hydrogens is 260 g/mol. The van der Waals surface area contributed by atoms with Crippen molar-refractivity contribution < 1.29 is 18.7 Å². The lowest BCUT2D eigenvalue weighted by Crippen LogP contribution is -2.27. The van der Waals surface area contributed by atoms with Crippen LogP contribution in [0.4, 0.5) is 0 Å². The predicted molar refractivity (Wildman–Crippen MR) is 72.0 cm³/mol. The summed E-state index contributed by atoms with van der Waals surface area (Å²) < 4.78 is 11.8. The lowest BCUT2D eigenvalue weighted by Gasteiger charge is -2.16. The second kappa shape index (κ2) is 5.64. The summed E-state index contributed by atoms with van der Waals surface area (Å²) in [6.45, 7) is 3.60. The molecule has 0 saturated carbocycles. The van der Waals surface area contributed by atoms with Crippen molar-refractivity contribution in [3.63, 3.8) is 0 Å². The van der Waals surface area contributed by atoms with Gasteiger partial charge in [-0.2, -0.15) is 0 Å². The number of carbonyl (C=O) groups is 2. The SMILES string of the molecule is CCOC(=O)c1ccc(-c2ccco2)n1C(C)C(N)=O. The molecule has 106 valence electrons. The third kappa shape index (κ3) is 2.45. The number of primary amides is 1. The molecule has 0 aromatic carbocycles. The van der Waals surface area contributed by atoms with Crippen molar-refractivity contribution in [3.8, 4) is 11.5 Å². The van der Waals surface area contributed by atoms with Gasteiger partial charge in [0.25, 0.3) is 0 Å². The Balaban J connectivity index is 2.54. The fourth-order valence-corrected chi connectivity index (χ4v) is 1.99. The lowest BCUT2D eigenvalue weighted by molar-refractivity contribution is -0.120. The summed E-state index contributed by atoms with van der Waals surface area (Å²) in [5.74, 6) is -0.494. The van der Waals surface area contributed by atoms with Crippen LogP contribution in [0.1, 0.15) is 30.4 Å². The van der Waals surface area contributed by atoms with Gasteiger partial charge in [-0.1, -0.05) is 0 Å². The van der Waals surface area contributed by atoms with Crippen LogP contribution in [0.15, 0.2) is 34.9 Å². The minimum absolute atomic E-state index is 0.255. The molecule has 1 amide bonds. The van der Waals surface area contributed by atoms with Gasteiger partial charge in [-0.25, -0.2) is 4.79 Å². The number of hydrogen-bond donors (Lipinski definition) is 1. The van der Waals surface area contributed by atoms with Crippen molar-refractivity contribution >= 4 is 11.9 Å². The van der Waals surface area contributed by atoms with E-state index in [1.807, 2.05) is 0 Å². The largest absolute Gasteiger partial charge is 0.463 e. The van der Waals surface area contributed by atoms with E-state index in [2.05, 4.69) is 0 Å². The molecule has 20 heavy (non-hydrogen) atoms. The molecular formula is C14H16N2O4. The predicted octanol–water partition coefficient (Wildman–Crippen LogP) is 1.97. The fraction of sp³-hybridized carbons (Fsp3) is 0.286. The highest BCUT2D eigenvalue weighted by atomic mass is 16.5. The number of esters is 1. The lowest BCUT2D eigenvalue weighted by atomic mass is 10.2. The van der Waals surface area contributed by atoms with Crippen LogP contribution in [-0.2, 0) is 9.53 Å². The zero-order valence-electron chi connectivity index (χ0n) is 11.3. The Kier molecular flexibility index (Phi) is 3.93. The van der Waals surface area contributed by atoms with Gasteiger partial charge in [-0.05, 0) is 38.1 Å². The van der Waals surface area contributed by atoms with Gasteiger partial charge in [-0.15, -0.1) is 0 Å². The first-order chi connectivity index (χ1) is 9.56. The average molecular weight is 276 g/mol. The van der Waals surface area contributed by atoms with Crippen LogP contribution in [0.25, 0.3) is 11.5 Å². The molecule has 1 unspecified atom stereocenters. The number of ether oxygens (including phenoxy) is 1. The van der Waals surface area contributed by atoms with Gasteiger partial charge in [0, 0.05) is 0 Å². The van der Waals surface area contributed by atoms with Gasteiger partial charge in [0.2, 0.25) is 5.91 Å². The maximum absolute atomic E-state index is 11.9. The molecule has 0 saturated heterocycles. The number of amides is 1. The summed E-state index contributed by atoms with van der Waals surface area (Å²) in [7, 11) is 0. The first-order valence-corrected chi connectivity index (χ1v) is 6.27. The van der Waals surface area contributed by atoms with Crippen molar-refractivity contribution in [1.82, 2.24) is 4.57 Å². The van der Waals surface area contributed by atoms with Crippen LogP contribution in [-0.4, -0.2) is 23.1 Å². The minimum atomic E-state index is -0.690. The monoisotopic (exact) mass is 276 g/mol. The topological polar surface area (TPSA) is 87.5 Å². The van der Waals surface area contributed by atoms with Gasteiger partial charge in [0.05, 0.1) is 18.6 Å². The summed E-state index contributed by atoms with van der Waals surface area (Å²) in [4.78, 5) is 23.4. The first-order valence-electron chi connectivity index (χ1n) is 6.27. The first kappa shape index (κ1) is 13.9. The molecule has 6 nitrogen and oxygen atoms in total. The third-order valence-corrected chi connectivity index (χ3v) is 2.98. The molecule has 0 aliphatic rings. The van der Waals surface area contributed by atoms with E-state index in [0.29, 0.717) is 11.5 Å². The Labute approximate surface area is 116 Å². The van der Waals surface area contributed by atoms with Crippen LogP contribution in [0.3, 0.4) is 0 Å². The van der Waals surface area contributed by atoms with Crippen molar-refractivity contribution in [1.29, 1.82) is 0 Å². The third-order valence-electron chi connectivity index (χ3n) is 2.98. The number of nitrogens with two attached hydrogens (primary N) is 1. The number of rotatable bonds is 5. The number of aromatic nitrogens is 1. The zero-order chi connectivity index (χ0) is 14.7. The molecule has 6 heteroatoms. The zero-order valence-corrected chi connectivity index (χ0v) is 11.3. The molecule has 1 atom stereocenters. The molecule has 0 fully saturated rings. The smallest absolute Gasteiger partial charge is 0.354 e. The van der Waals surface area contributed by atoms with Crippen LogP contribution in [0.5, 0.6) is 0 Å². The van der Waals surface area contributed by atoms with E-state index in [1.165, 1.54) is 10.8 Å². The van der Waals surface area contributed by atoms with Crippen molar-refractivity contribution in [2.24, 2.45) is 5.73 Å². The Morgan fingerprint density at radius 2 is 2.15 bits per heavy atom. The van der Waals surface area contributed by atoms with Crippen molar-refractivity contribution in [2.75, 3.05) is 6.61 Å². The van der Waals surface area contributed by atoms with E-state index in [4.69, 9.17) is 14.9 Å². The van der Waals surface area contributed by atoms with Crippen LogP contribution < -0.4 is 5.73 Å². The molecule has 0 aliphatic carbocycles. The molecule has 0 bridgehead atoms.